The molecule has 0 aromatic heterocycles. The van der Waals surface area contributed by atoms with Crippen LogP contribution < -0.4 is 0 Å². The molecule has 0 saturated carbocycles. The van der Waals surface area contributed by atoms with Gasteiger partial charge in [0.05, 0.1) is 39.1 Å². The van der Waals surface area contributed by atoms with Crippen molar-refractivity contribution >= 4 is 23.7 Å². The molecule has 0 radical (unpaired) electrons. The Kier molecular flexibility index (Phi) is 7.31. The lowest BCUT2D eigenvalue weighted by Gasteiger charge is -2.13. The molecule has 0 N–H and O–H groups in total. The minimum absolute atomic E-state index is 0.00863. The topological polar surface area (TPSA) is 105 Å². The molecule has 0 aromatic carbocycles. The van der Waals surface area contributed by atoms with Crippen molar-refractivity contribution in [3.05, 3.63) is 22.3 Å². The molecule has 8 heteroatoms. The number of ketones is 1. The van der Waals surface area contributed by atoms with Crippen LogP contribution in [0.1, 0.15) is 20.8 Å². The van der Waals surface area contributed by atoms with Crippen LogP contribution in [0, 0.1) is 0 Å². The molecular weight excluding hydrogens is 320 g/mol. The molecule has 0 atom stereocenters. The van der Waals surface area contributed by atoms with Crippen molar-refractivity contribution in [2.75, 3.05) is 33.5 Å². The fourth-order valence-electron chi connectivity index (χ4n) is 2.14. The molecule has 1 heterocycles. The molecule has 1 rings (SSSR count). The number of esters is 3. The highest BCUT2D eigenvalue weighted by Gasteiger charge is 2.35. The Hall–Kier alpha value is -2.48. The van der Waals surface area contributed by atoms with Gasteiger partial charge in [-0.1, -0.05) is 0 Å². The molecule has 0 aromatic rings. The summed E-state index contributed by atoms with van der Waals surface area (Å²) < 4.78 is 19.6. The van der Waals surface area contributed by atoms with Gasteiger partial charge in [-0.25, -0.2) is 14.4 Å². The highest BCUT2D eigenvalue weighted by atomic mass is 16.6. The number of rotatable bonds is 7. The van der Waals surface area contributed by atoms with Gasteiger partial charge in [0.15, 0.2) is 11.4 Å². The number of methoxy groups -OCH3 is 1. The van der Waals surface area contributed by atoms with Crippen molar-refractivity contribution in [3.63, 3.8) is 0 Å². The van der Waals surface area contributed by atoms with E-state index in [0.29, 0.717) is 0 Å². The number of carbonyl (C=O) groups excluding carboxylic acids is 4. The summed E-state index contributed by atoms with van der Waals surface area (Å²) >= 11 is 0. The van der Waals surface area contributed by atoms with Crippen LogP contribution in [0.4, 0.5) is 0 Å². The third-order valence-electron chi connectivity index (χ3n) is 3.18. The number of Topliss-reactive ketones (excluding diaryl/α,β-unsaturated/α-hetero) is 1. The second-order valence-electron chi connectivity index (χ2n) is 4.69. The number of hydrogen-bond donors (Lipinski definition) is 0. The maximum absolute atomic E-state index is 12.2. The number of hydrogen-bond acceptors (Lipinski definition) is 8. The lowest BCUT2D eigenvalue weighted by atomic mass is 9.95. The Morgan fingerprint density at radius 1 is 0.917 bits per heavy atom. The summed E-state index contributed by atoms with van der Waals surface area (Å²) in [7, 11) is 1.10. The average Bonchev–Trinajstić information content (AvgIpc) is 3.01. The smallest absolute Gasteiger partial charge is 0.346 e. The lowest BCUT2D eigenvalue weighted by Crippen LogP contribution is -2.25. The van der Waals surface area contributed by atoms with E-state index < -0.39 is 23.5 Å². The zero-order valence-electron chi connectivity index (χ0n) is 14.1. The fraction of sp³-hybridized carbons (Fsp3) is 0.500. The minimum atomic E-state index is -1.03. The summed E-state index contributed by atoms with van der Waals surface area (Å²) in [5.74, 6) is -3.35. The van der Waals surface area contributed by atoms with Gasteiger partial charge in [0.2, 0.25) is 0 Å². The maximum atomic E-state index is 12.2. The van der Waals surface area contributed by atoms with Crippen LogP contribution >= 0.6 is 0 Å². The molecular formula is C16H20O8. The van der Waals surface area contributed by atoms with Crippen molar-refractivity contribution in [2.24, 2.45) is 0 Å². The van der Waals surface area contributed by atoms with Gasteiger partial charge in [0.25, 0.3) is 0 Å². The van der Waals surface area contributed by atoms with Crippen LogP contribution in [0.3, 0.4) is 0 Å². The molecule has 0 spiro atoms. The zero-order valence-corrected chi connectivity index (χ0v) is 14.1. The first-order valence-corrected chi connectivity index (χ1v) is 7.36. The molecule has 0 fully saturated rings. The highest BCUT2D eigenvalue weighted by Crippen LogP contribution is 2.27. The monoisotopic (exact) mass is 340 g/mol. The molecule has 0 amide bonds. The second kappa shape index (κ2) is 8.97. The summed E-state index contributed by atoms with van der Waals surface area (Å²) in [4.78, 5) is 48.4. The van der Waals surface area contributed by atoms with Crippen LogP contribution in [-0.2, 0) is 38.1 Å². The first kappa shape index (κ1) is 19.6. The quantitative estimate of drug-likeness (QED) is 0.217. The standard InChI is InChI=1S/C16H20O8/c1-5-23-15(19)13(16(20)24-6-2)12(14(18)21-4)11-8-22-7-10(11)9(3)17/h5-8H2,1-4H3. The molecule has 0 unspecified atom stereocenters. The van der Waals surface area contributed by atoms with Crippen LogP contribution in [0.2, 0.25) is 0 Å². The van der Waals surface area contributed by atoms with Gasteiger partial charge in [-0.15, -0.1) is 0 Å². The highest BCUT2D eigenvalue weighted by molar-refractivity contribution is 6.21. The Bertz CT molecular complexity index is 592. The fourth-order valence-corrected chi connectivity index (χ4v) is 2.14. The molecule has 0 saturated heterocycles. The molecule has 0 bridgehead atoms. The van der Waals surface area contributed by atoms with Gasteiger partial charge in [0.1, 0.15) is 0 Å². The van der Waals surface area contributed by atoms with Gasteiger partial charge >= 0.3 is 17.9 Å². The van der Waals surface area contributed by atoms with Crippen LogP contribution in [0.15, 0.2) is 22.3 Å². The van der Waals surface area contributed by atoms with E-state index in [-0.39, 0.29) is 48.9 Å². The SMILES string of the molecule is CCOC(=O)C(C(=O)OCC)=C(C(=O)OC)C1=C(C(C)=O)COC1. The predicted octanol–water partition coefficient (Wildman–Crippen LogP) is 0.498. The Morgan fingerprint density at radius 3 is 1.83 bits per heavy atom. The van der Waals surface area contributed by atoms with E-state index in [0.717, 1.165) is 7.11 Å². The van der Waals surface area contributed by atoms with E-state index in [1.54, 1.807) is 13.8 Å². The summed E-state index contributed by atoms with van der Waals surface area (Å²) in [5, 5.41) is 0. The summed E-state index contributed by atoms with van der Waals surface area (Å²) in [6, 6.07) is 0. The summed E-state index contributed by atoms with van der Waals surface area (Å²) in [5.41, 5.74) is -0.645. The van der Waals surface area contributed by atoms with Crippen molar-refractivity contribution in [1.29, 1.82) is 0 Å². The second-order valence-corrected chi connectivity index (χ2v) is 4.69. The molecule has 0 aliphatic carbocycles. The molecule has 24 heavy (non-hydrogen) atoms. The van der Waals surface area contributed by atoms with Crippen molar-refractivity contribution < 1.29 is 38.1 Å². The molecule has 132 valence electrons. The molecule has 1 aliphatic rings. The zero-order chi connectivity index (χ0) is 18.3. The van der Waals surface area contributed by atoms with E-state index >= 15 is 0 Å². The van der Waals surface area contributed by atoms with Crippen LogP contribution in [0.25, 0.3) is 0 Å². The first-order valence-electron chi connectivity index (χ1n) is 7.36. The van der Waals surface area contributed by atoms with Gasteiger partial charge in [0, 0.05) is 11.1 Å². The van der Waals surface area contributed by atoms with Gasteiger partial charge in [-0.3, -0.25) is 4.79 Å². The third-order valence-corrected chi connectivity index (χ3v) is 3.18. The minimum Gasteiger partial charge on any atom is -0.465 e. The summed E-state index contributed by atoms with van der Waals surface area (Å²) in [6.07, 6.45) is 0. The molecule has 8 nitrogen and oxygen atoms in total. The Balaban J connectivity index is 3.66. The van der Waals surface area contributed by atoms with Gasteiger partial charge in [-0.2, -0.15) is 0 Å². The van der Waals surface area contributed by atoms with Gasteiger partial charge < -0.3 is 18.9 Å². The van der Waals surface area contributed by atoms with Crippen molar-refractivity contribution in [1.82, 2.24) is 0 Å². The van der Waals surface area contributed by atoms with E-state index in [4.69, 9.17) is 14.2 Å². The van der Waals surface area contributed by atoms with Crippen molar-refractivity contribution in [3.8, 4) is 0 Å². The van der Waals surface area contributed by atoms with Gasteiger partial charge in [-0.05, 0) is 20.8 Å². The normalized spacial score (nSPS) is 13.3. The van der Waals surface area contributed by atoms with E-state index in [2.05, 4.69) is 4.74 Å². The third kappa shape index (κ3) is 4.29. The Morgan fingerprint density at radius 2 is 1.42 bits per heavy atom. The lowest BCUT2D eigenvalue weighted by molar-refractivity contribution is -0.148. The van der Waals surface area contributed by atoms with E-state index in [9.17, 15) is 19.2 Å². The average molecular weight is 340 g/mol. The predicted molar refractivity (Wildman–Crippen MR) is 80.8 cm³/mol. The first-order chi connectivity index (χ1) is 11.4. The summed E-state index contributed by atoms with van der Waals surface area (Å²) in [6.45, 7) is 4.25. The van der Waals surface area contributed by atoms with Crippen LogP contribution in [0.5, 0.6) is 0 Å². The van der Waals surface area contributed by atoms with E-state index in [1.165, 1.54) is 6.92 Å². The number of carbonyl (C=O) groups is 4. The number of ether oxygens (including phenoxy) is 4. The maximum Gasteiger partial charge on any atom is 0.346 e. The van der Waals surface area contributed by atoms with E-state index in [1.807, 2.05) is 0 Å². The van der Waals surface area contributed by atoms with Crippen molar-refractivity contribution in [2.45, 2.75) is 20.8 Å². The van der Waals surface area contributed by atoms with Crippen LogP contribution in [-0.4, -0.2) is 57.2 Å². The molecule has 1 aliphatic heterocycles. The largest absolute Gasteiger partial charge is 0.465 e. The Labute approximate surface area is 139 Å².